The van der Waals surface area contributed by atoms with Crippen molar-refractivity contribution in [3.8, 4) is 6.07 Å². The molecule has 0 aliphatic rings. The largest absolute Gasteiger partial charge is 0.459 e. The number of hydrogen-bond acceptors (Lipinski definition) is 5. The molecule has 0 unspecified atom stereocenters. The van der Waals surface area contributed by atoms with E-state index in [2.05, 4.69) is 11.4 Å². The number of esters is 1. The van der Waals surface area contributed by atoms with Crippen LogP contribution in [0.15, 0.2) is 53.4 Å². The second-order valence-corrected chi connectivity index (χ2v) is 5.41. The number of nitriles is 1. The molecule has 1 amide bonds. The van der Waals surface area contributed by atoms with Crippen molar-refractivity contribution < 1.29 is 18.7 Å². The molecule has 1 atom stereocenters. The lowest BCUT2D eigenvalue weighted by Gasteiger charge is -2.12. The van der Waals surface area contributed by atoms with Crippen molar-refractivity contribution in [2.24, 2.45) is 0 Å². The van der Waals surface area contributed by atoms with E-state index in [-0.39, 0.29) is 12.4 Å². The lowest BCUT2D eigenvalue weighted by molar-refractivity contribution is -0.146. The fourth-order valence-electron chi connectivity index (χ4n) is 2.42. The average molecular weight is 337 g/mol. The summed E-state index contributed by atoms with van der Waals surface area (Å²) in [5.41, 5.74) is 1.81. The van der Waals surface area contributed by atoms with Gasteiger partial charge in [-0.05, 0) is 31.2 Å². The molecule has 0 fully saturated rings. The maximum atomic E-state index is 12.1. The predicted molar refractivity (Wildman–Crippen MR) is 87.5 cm³/mol. The molecule has 3 rings (SSSR count). The van der Waals surface area contributed by atoms with E-state index in [4.69, 9.17) is 9.15 Å². The molecule has 0 aliphatic carbocycles. The fourth-order valence-corrected chi connectivity index (χ4v) is 2.42. The van der Waals surface area contributed by atoms with Crippen LogP contribution in [0.3, 0.4) is 0 Å². The van der Waals surface area contributed by atoms with Gasteiger partial charge in [0.05, 0.1) is 17.3 Å². The molecule has 3 heterocycles. The molecule has 126 valence electrons. The molecule has 0 saturated carbocycles. The molecule has 0 aromatic carbocycles. The molecule has 25 heavy (non-hydrogen) atoms. The van der Waals surface area contributed by atoms with E-state index in [1.807, 2.05) is 24.4 Å². The number of carbonyl (C=O) groups excluding carboxylic acids is 2. The Morgan fingerprint density at radius 2 is 2.20 bits per heavy atom. The summed E-state index contributed by atoms with van der Waals surface area (Å²) in [5.74, 6) is -0.981. The third-order valence-corrected chi connectivity index (χ3v) is 3.69. The van der Waals surface area contributed by atoms with Gasteiger partial charge in [-0.15, -0.1) is 0 Å². The van der Waals surface area contributed by atoms with E-state index < -0.39 is 17.9 Å². The maximum absolute atomic E-state index is 12.1. The first-order valence-corrected chi connectivity index (χ1v) is 7.60. The Kier molecular flexibility index (Phi) is 4.53. The summed E-state index contributed by atoms with van der Waals surface area (Å²) in [6, 6.07) is 9.85. The zero-order chi connectivity index (χ0) is 17.8. The Bertz CT molecular complexity index is 951. The highest BCUT2D eigenvalue weighted by molar-refractivity contribution is 5.94. The number of nitrogens with zero attached hydrogens (tertiary/aromatic N) is 2. The van der Waals surface area contributed by atoms with E-state index >= 15 is 0 Å². The van der Waals surface area contributed by atoms with Crippen LogP contribution in [0.4, 0.5) is 0 Å². The van der Waals surface area contributed by atoms with Gasteiger partial charge in [0.1, 0.15) is 18.7 Å². The Morgan fingerprint density at radius 1 is 1.36 bits per heavy atom. The lowest BCUT2D eigenvalue weighted by Crippen LogP contribution is -2.39. The van der Waals surface area contributed by atoms with Crippen LogP contribution in [-0.4, -0.2) is 22.3 Å². The van der Waals surface area contributed by atoms with Crippen LogP contribution in [0.1, 0.15) is 28.6 Å². The van der Waals surface area contributed by atoms with Crippen LogP contribution in [0.25, 0.3) is 5.52 Å². The van der Waals surface area contributed by atoms with Crippen LogP contribution in [0.2, 0.25) is 0 Å². The van der Waals surface area contributed by atoms with Crippen LogP contribution < -0.4 is 5.32 Å². The quantitative estimate of drug-likeness (QED) is 0.720. The minimum absolute atomic E-state index is 0.0512. The molecule has 0 saturated heterocycles. The summed E-state index contributed by atoms with van der Waals surface area (Å²) in [6.45, 7) is 1.47. The number of rotatable bonds is 5. The van der Waals surface area contributed by atoms with E-state index in [9.17, 15) is 14.9 Å². The number of furan rings is 1. The third-order valence-electron chi connectivity index (χ3n) is 3.69. The normalized spacial score (nSPS) is 11.7. The number of ether oxygens (including phenoxy) is 1. The molecule has 0 spiro atoms. The number of nitrogens with one attached hydrogen (secondary N) is 1. The van der Waals surface area contributed by atoms with Crippen LogP contribution in [-0.2, 0) is 16.1 Å². The fraction of sp³-hybridized carbons (Fsp3) is 0.167. The Morgan fingerprint density at radius 3 is 2.92 bits per heavy atom. The van der Waals surface area contributed by atoms with Gasteiger partial charge in [-0.25, -0.2) is 4.79 Å². The first-order chi connectivity index (χ1) is 12.1. The predicted octanol–water partition coefficient (Wildman–Crippen LogP) is 2.27. The number of carbonyl (C=O) groups is 2. The summed E-state index contributed by atoms with van der Waals surface area (Å²) in [4.78, 5) is 23.9. The van der Waals surface area contributed by atoms with Crippen LogP contribution >= 0.6 is 0 Å². The van der Waals surface area contributed by atoms with E-state index in [0.29, 0.717) is 11.1 Å². The highest BCUT2D eigenvalue weighted by atomic mass is 16.5. The molecule has 0 radical (unpaired) electrons. The summed E-state index contributed by atoms with van der Waals surface area (Å²) >= 11 is 0. The van der Waals surface area contributed by atoms with E-state index in [1.54, 1.807) is 16.7 Å². The van der Waals surface area contributed by atoms with Gasteiger partial charge in [0.25, 0.3) is 5.91 Å². The molecule has 3 aromatic heterocycles. The van der Waals surface area contributed by atoms with Gasteiger partial charge in [-0.3, -0.25) is 4.79 Å². The maximum Gasteiger partial charge on any atom is 0.328 e. The summed E-state index contributed by atoms with van der Waals surface area (Å²) in [7, 11) is 0. The van der Waals surface area contributed by atoms with Gasteiger partial charge in [0.15, 0.2) is 5.76 Å². The zero-order valence-electron chi connectivity index (χ0n) is 13.4. The van der Waals surface area contributed by atoms with E-state index in [1.165, 1.54) is 19.3 Å². The summed E-state index contributed by atoms with van der Waals surface area (Å²) in [5, 5.41) is 11.8. The Hall–Kier alpha value is -3.53. The second-order valence-electron chi connectivity index (χ2n) is 5.41. The van der Waals surface area contributed by atoms with Crippen molar-refractivity contribution in [3.05, 3.63) is 65.9 Å². The Labute approximate surface area is 143 Å². The van der Waals surface area contributed by atoms with Crippen LogP contribution in [0.5, 0.6) is 0 Å². The summed E-state index contributed by atoms with van der Waals surface area (Å²) < 4.78 is 12.0. The molecule has 0 bridgehead atoms. The first-order valence-electron chi connectivity index (χ1n) is 7.60. The number of hydrogen-bond donors (Lipinski definition) is 1. The highest BCUT2D eigenvalue weighted by Gasteiger charge is 2.20. The SMILES string of the molecule is C[C@H](NC(=O)c1ccco1)C(=O)OCc1cn2ccccc2c1C#N. The third kappa shape index (κ3) is 3.38. The van der Waals surface area contributed by atoms with Crippen molar-refractivity contribution >= 4 is 17.4 Å². The van der Waals surface area contributed by atoms with Gasteiger partial charge < -0.3 is 18.9 Å². The molecular formula is C18H15N3O4. The van der Waals surface area contributed by atoms with Crippen molar-refractivity contribution in [2.45, 2.75) is 19.6 Å². The van der Waals surface area contributed by atoms with Gasteiger partial charge in [-0.2, -0.15) is 5.26 Å². The van der Waals surface area contributed by atoms with Crippen molar-refractivity contribution in [1.29, 1.82) is 5.26 Å². The molecular weight excluding hydrogens is 322 g/mol. The van der Waals surface area contributed by atoms with Crippen molar-refractivity contribution in [1.82, 2.24) is 9.72 Å². The topological polar surface area (TPSA) is 96.7 Å². The first kappa shape index (κ1) is 16.3. The van der Waals surface area contributed by atoms with Crippen molar-refractivity contribution in [3.63, 3.8) is 0 Å². The van der Waals surface area contributed by atoms with Gasteiger partial charge >= 0.3 is 5.97 Å². The molecule has 1 N–H and O–H groups in total. The molecule has 0 aliphatic heterocycles. The highest BCUT2D eigenvalue weighted by Crippen LogP contribution is 2.18. The van der Waals surface area contributed by atoms with Gasteiger partial charge in [0, 0.05) is 18.0 Å². The Balaban J connectivity index is 1.64. The smallest absolute Gasteiger partial charge is 0.328 e. The molecule has 7 nitrogen and oxygen atoms in total. The second kappa shape index (κ2) is 6.93. The standard InChI is InChI=1S/C18H15N3O4/c1-12(20-17(22)16-6-4-8-24-16)18(23)25-11-13-10-21-7-3-2-5-15(21)14(13)9-19/h2-8,10,12H,11H2,1H3,(H,20,22)/t12-/m0/s1. The van der Waals surface area contributed by atoms with Gasteiger partial charge in [0.2, 0.25) is 0 Å². The minimum atomic E-state index is -0.847. The van der Waals surface area contributed by atoms with Crippen molar-refractivity contribution in [2.75, 3.05) is 0 Å². The monoisotopic (exact) mass is 337 g/mol. The number of amides is 1. The number of fused-ring (bicyclic) bond motifs is 1. The number of aromatic nitrogens is 1. The molecule has 7 heteroatoms. The van der Waals surface area contributed by atoms with Crippen LogP contribution in [0, 0.1) is 11.3 Å². The average Bonchev–Trinajstić information content (AvgIpc) is 3.26. The number of pyridine rings is 1. The molecule has 3 aromatic rings. The summed E-state index contributed by atoms with van der Waals surface area (Å²) in [6.07, 6.45) is 4.93. The van der Waals surface area contributed by atoms with E-state index in [0.717, 1.165) is 5.52 Å². The van der Waals surface area contributed by atoms with Gasteiger partial charge in [-0.1, -0.05) is 6.07 Å². The zero-order valence-corrected chi connectivity index (χ0v) is 13.4. The minimum Gasteiger partial charge on any atom is -0.459 e. The lowest BCUT2D eigenvalue weighted by atomic mass is 10.2.